The Morgan fingerprint density at radius 2 is 1.96 bits per heavy atom. The number of carbonyl (C=O) groups is 1. The molecule has 7 nitrogen and oxygen atoms in total. The number of anilines is 3. The number of amides is 2. The van der Waals surface area contributed by atoms with Crippen molar-refractivity contribution in [1.82, 2.24) is 9.97 Å². The molecule has 0 radical (unpaired) electrons. The quantitative estimate of drug-likeness (QED) is 0.557. The lowest BCUT2D eigenvalue weighted by Gasteiger charge is -2.13. The normalized spacial score (nSPS) is 10.6. The number of rotatable bonds is 7. The number of nitrogens with one attached hydrogen (secondary N) is 2. The number of thioether (sulfide) groups is 1. The smallest absolute Gasteiger partial charge is 0.325 e. The maximum Gasteiger partial charge on any atom is 0.325 e. The van der Waals surface area contributed by atoms with Crippen molar-refractivity contribution in [3.8, 4) is 0 Å². The van der Waals surface area contributed by atoms with Gasteiger partial charge in [-0.3, -0.25) is 5.32 Å². The van der Waals surface area contributed by atoms with Gasteiger partial charge in [0.2, 0.25) is 5.89 Å². The van der Waals surface area contributed by atoms with Gasteiger partial charge in [0.25, 0.3) is 0 Å². The monoisotopic (exact) mass is 403 g/mol. The van der Waals surface area contributed by atoms with Crippen molar-refractivity contribution in [3.05, 3.63) is 48.3 Å². The Labute approximate surface area is 166 Å². The number of urea groups is 1. The Bertz CT molecular complexity index is 889. The maximum absolute atomic E-state index is 12.1. The summed E-state index contributed by atoms with van der Waals surface area (Å²) in [5.41, 5.74) is 1.79. The van der Waals surface area contributed by atoms with Crippen LogP contribution in [0.2, 0.25) is 0 Å². The molecular formula is C18H21N5O2S2. The standard InChI is InChI=1S/C18H21N5O2S2/c1-4-14-9-19-15(25-14)11-26-16-10-20-18(27-16)22-17(24)21-12-5-7-13(8-6-12)23(2)3/h5-10H,4,11H2,1-3H3,(H2,20,21,22,24). The van der Waals surface area contributed by atoms with E-state index in [1.54, 1.807) is 24.2 Å². The minimum atomic E-state index is -0.321. The van der Waals surface area contributed by atoms with Crippen LogP contribution in [-0.4, -0.2) is 30.1 Å². The van der Waals surface area contributed by atoms with Crippen molar-refractivity contribution >= 4 is 45.6 Å². The third-order valence-electron chi connectivity index (χ3n) is 3.63. The number of hydrogen-bond acceptors (Lipinski definition) is 7. The summed E-state index contributed by atoms with van der Waals surface area (Å²) < 4.78 is 6.57. The first-order valence-corrected chi connectivity index (χ1v) is 10.2. The van der Waals surface area contributed by atoms with Gasteiger partial charge in [-0.05, 0) is 24.3 Å². The minimum absolute atomic E-state index is 0.321. The lowest BCUT2D eigenvalue weighted by Crippen LogP contribution is -2.19. The fourth-order valence-electron chi connectivity index (χ4n) is 2.20. The van der Waals surface area contributed by atoms with Crippen molar-refractivity contribution in [1.29, 1.82) is 0 Å². The molecule has 27 heavy (non-hydrogen) atoms. The van der Waals surface area contributed by atoms with Crippen LogP contribution in [0.5, 0.6) is 0 Å². The van der Waals surface area contributed by atoms with E-state index >= 15 is 0 Å². The van der Waals surface area contributed by atoms with E-state index in [0.717, 1.165) is 27.8 Å². The Kier molecular flexibility index (Phi) is 6.36. The zero-order valence-corrected chi connectivity index (χ0v) is 17.0. The van der Waals surface area contributed by atoms with Crippen molar-refractivity contribution in [2.75, 3.05) is 29.6 Å². The van der Waals surface area contributed by atoms with E-state index in [1.165, 1.54) is 11.3 Å². The molecule has 2 N–H and O–H groups in total. The molecule has 3 aromatic rings. The topological polar surface area (TPSA) is 83.3 Å². The number of aryl methyl sites for hydroxylation is 1. The predicted molar refractivity (Wildman–Crippen MR) is 111 cm³/mol. The largest absolute Gasteiger partial charge is 0.445 e. The van der Waals surface area contributed by atoms with Crippen LogP contribution >= 0.6 is 23.1 Å². The van der Waals surface area contributed by atoms with Crippen LogP contribution in [0, 0.1) is 0 Å². The van der Waals surface area contributed by atoms with E-state index < -0.39 is 0 Å². The van der Waals surface area contributed by atoms with Crippen LogP contribution in [0.1, 0.15) is 18.6 Å². The molecule has 0 saturated heterocycles. The summed E-state index contributed by atoms with van der Waals surface area (Å²) in [7, 11) is 3.94. The average Bonchev–Trinajstić information content (AvgIpc) is 3.29. The van der Waals surface area contributed by atoms with E-state index in [1.807, 2.05) is 50.2 Å². The van der Waals surface area contributed by atoms with Crippen LogP contribution in [-0.2, 0) is 12.2 Å². The second-order valence-corrected chi connectivity index (χ2v) is 8.17. The molecule has 0 atom stereocenters. The van der Waals surface area contributed by atoms with Crippen molar-refractivity contribution in [3.63, 3.8) is 0 Å². The second kappa shape index (κ2) is 8.92. The second-order valence-electron chi connectivity index (χ2n) is 5.87. The predicted octanol–water partition coefficient (Wildman–Crippen LogP) is 4.70. The Morgan fingerprint density at radius 1 is 1.19 bits per heavy atom. The number of aromatic nitrogens is 2. The Hall–Kier alpha value is -2.52. The molecule has 2 amide bonds. The van der Waals surface area contributed by atoms with Gasteiger partial charge in [-0.1, -0.05) is 18.3 Å². The number of nitrogens with zero attached hydrogens (tertiary/aromatic N) is 3. The van der Waals surface area contributed by atoms with Crippen molar-refractivity contribution in [2.24, 2.45) is 0 Å². The van der Waals surface area contributed by atoms with Gasteiger partial charge in [-0.2, -0.15) is 0 Å². The molecule has 142 valence electrons. The summed E-state index contributed by atoms with van der Waals surface area (Å²) in [5, 5.41) is 6.10. The van der Waals surface area contributed by atoms with E-state index in [2.05, 4.69) is 20.6 Å². The molecule has 3 rings (SSSR count). The highest BCUT2D eigenvalue weighted by Crippen LogP contribution is 2.30. The molecule has 0 fully saturated rings. The lowest BCUT2D eigenvalue weighted by atomic mass is 10.2. The van der Waals surface area contributed by atoms with Gasteiger partial charge in [0.1, 0.15) is 5.76 Å². The first-order chi connectivity index (χ1) is 13.0. The van der Waals surface area contributed by atoms with Crippen LogP contribution in [0.3, 0.4) is 0 Å². The summed E-state index contributed by atoms with van der Waals surface area (Å²) in [6.45, 7) is 2.03. The van der Waals surface area contributed by atoms with Gasteiger partial charge in [0.15, 0.2) is 5.13 Å². The molecule has 0 unspecified atom stereocenters. The fraction of sp³-hybridized carbons (Fsp3) is 0.278. The zero-order valence-electron chi connectivity index (χ0n) is 15.4. The van der Waals surface area contributed by atoms with Gasteiger partial charge in [-0.25, -0.2) is 14.8 Å². The summed E-state index contributed by atoms with van der Waals surface area (Å²) in [4.78, 5) is 22.6. The molecule has 9 heteroatoms. The summed E-state index contributed by atoms with van der Waals surface area (Å²) in [5.74, 6) is 2.21. The molecule has 0 aliphatic rings. The molecule has 0 spiro atoms. The Morgan fingerprint density at radius 3 is 2.63 bits per heavy atom. The number of carbonyl (C=O) groups excluding carboxylic acids is 1. The van der Waals surface area contributed by atoms with Crippen LogP contribution < -0.4 is 15.5 Å². The molecule has 2 aromatic heterocycles. The van der Waals surface area contributed by atoms with Gasteiger partial charge in [0.05, 0.1) is 22.4 Å². The Balaban J connectivity index is 1.49. The van der Waals surface area contributed by atoms with E-state index in [-0.39, 0.29) is 6.03 Å². The van der Waals surface area contributed by atoms with Crippen LogP contribution in [0.4, 0.5) is 21.3 Å². The first kappa shape index (κ1) is 19.2. The maximum atomic E-state index is 12.1. The fourth-order valence-corrected chi connectivity index (χ4v) is 3.92. The van der Waals surface area contributed by atoms with Gasteiger partial charge in [0, 0.05) is 31.9 Å². The third kappa shape index (κ3) is 5.48. The molecule has 1 aromatic carbocycles. The third-order valence-corrected chi connectivity index (χ3v) is 5.73. The van der Waals surface area contributed by atoms with E-state index in [0.29, 0.717) is 16.8 Å². The van der Waals surface area contributed by atoms with Gasteiger partial charge < -0.3 is 14.6 Å². The SMILES string of the molecule is CCc1cnc(CSc2cnc(NC(=O)Nc3ccc(N(C)C)cc3)s2)o1. The molecule has 0 aliphatic carbocycles. The molecule has 2 heterocycles. The molecule has 0 aliphatic heterocycles. The van der Waals surface area contributed by atoms with Crippen molar-refractivity contribution in [2.45, 2.75) is 23.3 Å². The van der Waals surface area contributed by atoms with Gasteiger partial charge in [-0.15, -0.1) is 11.8 Å². The highest BCUT2D eigenvalue weighted by atomic mass is 32.2. The van der Waals surface area contributed by atoms with Crippen LogP contribution in [0.25, 0.3) is 0 Å². The highest BCUT2D eigenvalue weighted by molar-refractivity contribution is 8.00. The van der Waals surface area contributed by atoms with Gasteiger partial charge >= 0.3 is 6.03 Å². The minimum Gasteiger partial charge on any atom is -0.445 e. The number of oxazole rings is 1. The number of benzene rings is 1. The molecule has 0 saturated carbocycles. The number of hydrogen-bond donors (Lipinski definition) is 2. The van der Waals surface area contributed by atoms with Crippen LogP contribution in [0.15, 0.2) is 45.3 Å². The first-order valence-electron chi connectivity index (χ1n) is 8.41. The highest BCUT2D eigenvalue weighted by Gasteiger charge is 2.09. The zero-order chi connectivity index (χ0) is 19.2. The summed E-state index contributed by atoms with van der Waals surface area (Å²) in [6, 6.07) is 7.29. The molecule has 0 bridgehead atoms. The van der Waals surface area contributed by atoms with E-state index in [4.69, 9.17) is 4.42 Å². The van der Waals surface area contributed by atoms with E-state index in [9.17, 15) is 4.79 Å². The summed E-state index contributed by atoms with van der Waals surface area (Å²) in [6.07, 6.45) is 4.32. The van der Waals surface area contributed by atoms with Crippen molar-refractivity contribution < 1.29 is 9.21 Å². The summed E-state index contributed by atoms with van der Waals surface area (Å²) >= 11 is 2.99. The number of thiazole rings is 1. The lowest BCUT2D eigenvalue weighted by molar-refractivity contribution is 0.262. The molecular weight excluding hydrogens is 382 g/mol. The average molecular weight is 404 g/mol.